The van der Waals surface area contributed by atoms with Crippen LogP contribution in [0.4, 0.5) is 0 Å². The average molecular weight is 303 g/mol. The first-order valence-electron chi connectivity index (χ1n) is 8.40. The second-order valence-electron chi connectivity index (χ2n) is 6.06. The minimum atomic E-state index is 0.0441. The molecule has 1 aliphatic heterocycles. The van der Waals surface area contributed by atoms with E-state index in [1.165, 1.54) is 25.7 Å². The van der Waals surface area contributed by atoms with Gasteiger partial charge in [-0.15, -0.1) is 0 Å². The largest absolute Gasteiger partial charge is 0.477 e. The molecule has 0 unspecified atom stereocenters. The van der Waals surface area contributed by atoms with Crippen molar-refractivity contribution in [2.24, 2.45) is 0 Å². The number of carbonyl (C=O) groups is 1. The number of hydrogen-bond acceptors (Lipinski definition) is 4. The van der Waals surface area contributed by atoms with Crippen LogP contribution in [-0.4, -0.2) is 59.5 Å². The van der Waals surface area contributed by atoms with Gasteiger partial charge in [0, 0.05) is 38.4 Å². The van der Waals surface area contributed by atoms with E-state index in [2.05, 4.69) is 9.88 Å². The Labute approximate surface area is 132 Å². The van der Waals surface area contributed by atoms with Gasteiger partial charge in [-0.1, -0.05) is 12.8 Å². The van der Waals surface area contributed by atoms with E-state index in [-0.39, 0.29) is 5.91 Å². The quantitative estimate of drug-likeness (QED) is 0.855. The topological polar surface area (TPSA) is 45.7 Å². The van der Waals surface area contributed by atoms with E-state index >= 15 is 0 Å². The van der Waals surface area contributed by atoms with Gasteiger partial charge in [0.1, 0.15) is 5.56 Å². The molecule has 5 nitrogen and oxygen atoms in total. The van der Waals surface area contributed by atoms with Crippen LogP contribution in [0.3, 0.4) is 0 Å². The van der Waals surface area contributed by atoms with Crippen molar-refractivity contribution in [3.63, 3.8) is 0 Å². The summed E-state index contributed by atoms with van der Waals surface area (Å²) in [5, 5.41) is 0. The van der Waals surface area contributed by atoms with Gasteiger partial charge in [0.05, 0.1) is 6.61 Å². The summed E-state index contributed by atoms with van der Waals surface area (Å²) in [6.45, 7) is 6.00. The van der Waals surface area contributed by atoms with Gasteiger partial charge in [-0.25, -0.2) is 4.98 Å². The van der Waals surface area contributed by atoms with Crippen LogP contribution < -0.4 is 4.74 Å². The molecule has 2 aliphatic rings. The van der Waals surface area contributed by atoms with Gasteiger partial charge >= 0.3 is 0 Å². The number of ether oxygens (including phenoxy) is 1. The highest BCUT2D eigenvalue weighted by Crippen LogP contribution is 2.25. The number of aromatic nitrogens is 1. The molecule has 22 heavy (non-hydrogen) atoms. The van der Waals surface area contributed by atoms with Crippen LogP contribution in [0, 0.1) is 0 Å². The smallest absolute Gasteiger partial charge is 0.259 e. The molecule has 1 amide bonds. The van der Waals surface area contributed by atoms with Gasteiger partial charge in [0.15, 0.2) is 0 Å². The summed E-state index contributed by atoms with van der Waals surface area (Å²) in [5.41, 5.74) is 0.582. The summed E-state index contributed by atoms with van der Waals surface area (Å²) in [6.07, 6.45) is 7.03. The lowest BCUT2D eigenvalue weighted by molar-refractivity contribution is 0.0569. The Kier molecular flexibility index (Phi) is 4.93. The fraction of sp³-hybridized carbons (Fsp3) is 0.647. The first kappa shape index (κ1) is 15.3. The number of piperazine rings is 1. The van der Waals surface area contributed by atoms with Crippen LogP contribution in [0.15, 0.2) is 18.3 Å². The van der Waals surface area contributed by atoms with E-state index in [4.69, 9.17) is 4.74 Å². The number of pyridine rings is 1. The molecule has 0 spiro atoms. The highest BCUT2D eigenvalue weighted by molar-refractivity contribution is 5.96. The van der Waals surface area contributed by atoms with E-state index < -0.39 is 0 Å². The molecule has 3 rings (SSSR count). The summed E-state index contributed by atoms with van der Waals surface area (Å²) in [7, 11) is 0. The first-order valence-corrected chi connectivity index (χ1v) is 8.40. The molecule has 0 radical (unpaired) electrons. The third-order valence-electron chi connectivity index (χ3n) is 4.73. The third kappa shape index (κ3) is 3.24. The van der Waals surface area contributed by atoms with Crippen molar-refractivity contribution in [2.75, 3.05) is 32.8 Å². The molecule has 2 heterocycles. The van der Waals surface area contributed by atoms with Crippen molar-refractivity contribution in [1.29, 1.82) is 0 Å². The molecule has 1 aromatic rings. The highest BCUT2D eigenvalue weighted by Gasteiger charge is 2.29. The molecule has 1 aliphatic carbocycles. The van der Waals surface area contributed by atoms with Crippen LogP contribution >= 0.6 is 0 Å². The summed E-state index contributed by atoms with van der Waals surface area (Å²) < 4.78 is 5.48. The zero-order chi connectivity index (χ0) is 15.4. The fourth-order valence-electron chi connectivity index (χ4n) is 3.54. The number of hydrogen-bond donors (Lipinski definition) is 0. The molecule has 2 fully saturated rings. The highest BCUT2D eigenvalue weighted by atomic mass is 16.5. The second kappa shape index (κ2) is 7.09. The lowest BCUT2D eigenvalue weighted by Gasteiger charge is -2.38. The van der Waals surface area contributed by atoms with Crippen LogP contribution in [0.1, 0.15) is 43.0 Å². The van der Waals surface area contributed by atoms with Crippen LogP contribution in [0.5, 0.6) is 5.88 Å². The second-order valence-corrected chi connectivity index (χ2v) is 6.06. The molecule has 0 atom stereocenters. The Morgan fingerprint density at radius 1 is 1.27 bits per heavy atom. The van der Waals surface area contributed by atoms with Crippen molar-refractivity contribution in [3.8, 4) is 5.88 Å². The Bertz CT molecular complexity index is 506. The Balaban J connectivity index is 1.62. The maximum atomic E-state index is 12.7. The minimum Gasteiger partial charge on any atom is -0.477 e. The molecule has 0 N–H and O–H groups in total. The van der Waals surface area contributed by atoms with Crippen LogP contribution in [0.2, 0.25) is 0 Å². The maximum Gasteiger partial charge on any atom is 0.259 e. The van der Waals surface area contributed by atoms with Crippen molar-refractivity contribution < 1.29 is 9.53 Å². The molecule has 0 aromatic carbocycles. The van der Waals surface area contributed by atoms with E-state index in [0.29, 0.717) is 18.1 Å². The zero-order valence-corrected chi connectivity index (χ0v) is 13.3. The van der Waals surface area contributed by atoms with Crippen molar-refractivity contribution in [3.05, 3.63) is 23.9 Å². The molecule has 120 valence electrons. The monoisotopic (exact) mass is 303 g/mol. The normalized spacial score (nSPS) is 20.3. The number of nitrogens with zero attached hydrogens (tertiary/aromatic N) is 3. The third-order valence-corrected chi connectivity index (χ3v) is 4.73. The van der Waals surface area contributed by atoms with Gasteiger partial charge in [-0.3, -0.25) is 9.69 Å². The standard InChI is InChI=1S/C17H25N3O2/c1-2-22-16-15(8-5-9-18-16)17(21)20-12-10-19(11-13-20)14-6-3-4-7-14/h5,8-9,14H,2-4,6-7,10-13H2,1H3. The predicted molar refractivity (Wildman–Crippen MR) is 85.1 cm³/mol. The van der Waals surface area contributed by atoms with Crippen molar-refractivity contribution >= 4 is 5.91 Å². The van der Waals surface area contributed by atoms with Gasteiger partial charge in [-0.05, 0) is 31.9 Å². The molecule has 1 aromatic heterocycles. The van der Waals surface area contributed by atoms with E-state index in [0.717, 1.165) is 32.2 Å². The first-order chi connectivity index (χ1) is 10.8. The maximum absolute atomic E-state index is 12.7. The Hall–Kier alpha value is -1.62. The molecule has 5 heteroatoms. The molecular formula is C17H25N3O2. The molecule has 1 saturated carbocycles. The summed E-state index contributed by atoms with van der Waals surface area (Å²) in [4.78, 5) is 21.4. The van der Waals surface area contributed by atoms with E-state index in [9.17, 15) is 4.79 Å². The fourth-order valence-corrected chi connectivity index (χ4v) is 3.54. The summed E-state index contributed by atoms with van der Waals surface area (Å²) in [5.74, 6) is 0.496. The number of amides is 1. The molecular weight excluding hydrogens is 278 g/mol. The SMILES string of the molecule is CCOc1ncccc1C(=O)N1CCN(C2CCCC2)CC1. The minimum absolute atomic E-state index is 0.0441. The summed E-state index contributed by atoms with van der Waals surface area (Å²) in [6, 6.07) is 4.35. The zero-order valence-electron chi connectivity index (χ0n) is 13.3. The predicted octanol–water partition coefficient (Wildman–Crippen LogP) is 2.18. The Morgan fingerprint density at radius 2 is 2.00 bits per heavy atom. The lowest BCUT2D eigenvalue weighted by Crippen LogP contribution is -2.51. The van der Waals surface area contributed by atoms with Gasteiger partial charge < -0.3 is 9.64 Å². The van der Waals surface area contributed by atoms with E-state index in [1.54, 1.807) is 12.3 Å². The Morgan fingerprint density at radius 3 is 2.68 bits per heavy atom. The van der Waals surface area contributed by atoms with E-state index in [1.807, 2.05) is 17.9 Å². The number of carbonyl (C=O) groups excluding carboxylic acids is 1. The van der Waals surface area contributed by atoms with Crippen LogP contribution in [-0.2, 0) is 0 Å². The van der Waals surface area contributed by atoms with Crippen molar-refractivity contribution in [1.82, 2.24) is 14.8 Å². The van der Waals surface area contributed by atoms with Crippen LogP contribution in [0.25, 0.3) is 0 Å². The lowest BCUT2D eigenvalue weighted by atomic mass is 10.1. The molecule has 1 saturated heterocycles. The van der Waals surface area contributed by atoms with Gasteiger partial charge in [-0.2, -0.15) is 0 Å². The number of rotatable bonds is 4. The molecule has 0 bridgehead atoms. The summed E-state index contributed by atoms with van der Waals surface area (Å²) >= 11 is 0. The van der Waals surface area contributed by atoms with Gasteiger partial charge in [0.2, 0.25) is 5.88 Å². The average Bonchev–Trinajstić information content (AvgIpc) is 3.10. The van der Waals surface area contributed by atoms with Crippen molar-refractivity contribution in [2.45, 2.75) is 38.6 Å². The van der Waals surface area contributed by atoms with Gasteiger partial charge in [0.25, 0.3) is 5.91 Å².